The summed E-state index contributed by atoms with van der Waals surface area (Å²) in [5.74, 6) is 1.14. The Morgan fingerprint density at radius 2 is 2.25 bits per heavy atom. The molecule has 0 aliphatic heterocycles. The summed E-state index contributed by atoms with van der Waals surface area (Å²) in [5.41, 5.74) is 7.38. The highest BCUT2D eigenvalue weighted by atomic mass is 32.2. The van der Waals surface area contributed by atoms with Crippen molar-refractivity contribution in [2.45, 2.75) is 4.90 Å². The van der Waals surface area contributed by atoms with Crippen molar-refractivity contribution < 1.29 is 9.26 Å². The molecule has 0 atom stereocenters. The predicted octanol–water partition coefficient (Wildman–Crippen LogP) is 2.65. The van der Waals surface area contributed by atoms with Crippen molar-refractivity contribution in [3.05, 3.63) is 24.4 Å². The molecule has 1 heterocycles. The molecule has 2 aromatic rings. The van der Waals surface area contributed by atoms with Gasteiger partial charge in [-0.1, -0.05) is 11.2 Å². The zero-order chi connectivity index (χ0) is 11.5. The van der Waals surface area contributed by atoms with Gasteiger partial charge in [0.15, 0.2) is 0 Å². The quantitative estimate of drug-likeness (QED) is 0.830. The summed E-state index contributed by atoms with van der Waals surface area (Å²) in [4.78, 5) is 1.08. The predicted molar refractivity (Wildman–Crippen MR) is 64.7 cm³/mol. The highest BCUT2D eigenvalue weighted by molar-refractivity contribution is 7.98. The van der Waals surface area contributed by atoms with Gasteiger partial charge in [-0.05, 0) is 24.0 Å². The van der Waals surface area contributed by atoms with Crippen LogP contribution in [0.3, 0.4) is 0 Å². The maximum absolute atomic E-state index is 5.66. The maximum atomic E-state index is 5.66. The van der Waals surface area contributed by atoms with E-state index in [4.69, 9.17) is 15.0 Å². The number of rotatable bonds is 3. The number of methoxy groups -OCH3 is 1. The van der Waals surface area contributed by atoms with Crippen LogP contribution in [0.4, 0.5) is 5.88 Å². The minimum absolute atomic E-state index is 0.318. The highest BCUT2D eigenvalue weighted by Crippen LogP contribution is 2.34. The van der Waals surface area contributed by atoms with E-state index in [1.807, 2.05) is 24.5 Å². The van der Waals surface area contributed by atoms with Crippen molar-refractivity contribution >= 4 is 17.6 Å². The van der Waals surface area contributed by atoms with E-state index < -0.39 is 0 Å². The summed E-state index contributed by atoms with van der Waals surface area (Å²) in [6, 6.07) is 5.89. The van der Waals surface area contributed by atoms with Crippen LogP contribution >= 0.6 is 11.8 Å². The number of nitrogen functional groups attached to an aromatic ring is 1. The number of nitrogens with zero attached hydrogens (tertiary/aromatic N) is 1. The number of aromatic nitrogens is 1. The fraction of sp³-hybridized carbons (Fsp3) is 0.182. The fourth-order valence-corrected chi connectivity index (χ4v) is 2.02. The Kier molecular flexibility index (Phi) is 3.05. The van der Waals surface area contributed by atoms with E-state index in [0.29, 0.717) is 5.88 Å². The minimum Gasteiger partial charge on any atom is -0.496 e. The molecule has 84 valence electrons. The lowest BCUT2D eigenvalue weighted by atomic mass is 10.1. The van der Waals surface area contributed by atoms with Gasteiger partial charge >= 0.3 is 0 Å². The zero-order valence-electron chi connectivity index (χ0n) is 9.06. The van der Waals surface area contributed by atoms with Crippen LogP contribution in [0, 0.1) is 0 Å². The molecule has 1 aromatic carbocycles. The van der Waals surface area contributed by atoms with Crippen LogP contribution in [-0.4, -0.2) is 18.5 Å². The van der Waals surface area contributed by atoms with Gasteiger partial charge in [-0.2, -0.15) is 0 Å². The summed E-state index contributed by atoms with van der Waals surface area (Å²) >= 11 is 1.63. The third-order valence-electron chi connectivity index (χ3n) is 2.29. The first kappa shape index (κ1) is 10.9. The molecule has 2 N–H and O–H groups in total. The molecule has 16 heavy (non-hydrogen) atoms. The Labute approximate surface area is 97.8 Å². The van der Waals surface area contributed by atoms with Crippen molar-refractivity contribution in [3.8, 4) is 16.9 Å². The Bertz CT molecular complexity index is 496. The molecule has 0 aliphatic rings. The molecule has 0 aliphatic carbocycles. The highest BCUT2D eigenvalue weighted by Gasteiger charge is 2.10. The number of hydrogen-bond donors (Lipinski definition) is 1. The minimum atomic E-state index is 0.318. The van der Waals surface area contributed by atoms with Crippen LogP contribution < -0.4 is 10.5 Å². The van der Waals surface area contributed by atoms with E-state index in [2.05, 4.69) is 5.16 Å². The largest absolute Gasteiger partial charge is 0.496 e. The van der Waals surface area contributed by atoms with Gasteiger partial charge in [-0.3, -0.25) is 0 Å². The third kappa shape index (κ3) is 1.86. The zero-order valence-corrected chi connectivity index (χ0v) is 9.88. The van der Waals surface area contributed by atoms with Gasteiger partial charge < -0.3 is 15.0 Å². The average Bonchev–Trinajstić information content (AvgIpc) is 2.74. The number of nitrogens with two attached hydrogens (primary N) is 1. The van der Waals surface area contributed by atoms with Gasteiger partial charge in [0.1, 0.15) is 5.75 Å². The summed E-state index contributed by atoms with van der Waals surface area (Å²) in [5, 5.41) is 3.65. The molecule has 0 amide bonds. The van der Waals surface area contributed by atoms with Gasteiger partial charge in [-0.25, -0.2) is 0 Å². The summed E-state index contributed by atoms with van der Waals surface area (Å²) in [6.07, 6.45) is 3.61. The van der Waals surface area contributed by atoms with Crippen LogP contribution in [0.2, 0.25) is 0 Å². The number of ether oxygens (including phenoxy) is 1. The summed E-state index contributed by atoms with van der Waals surface area (Å²) in [7, 11) is 1.65. The summed E-state index contributed by atoms with van der Waals surface area (Å²) < 4.78 is 10.1. The second-order valence-electron chi connectivity index (χ2n) is 3.17. The van der Waals surface area contributed by atoms with E-state index in [1.54, 1.807) is 25.1 Å². The van der Waals surface area contributed by atoms with Crippen LogP contribution in [0.1, 0.15) is 0 Å². The molecule has 5 heteroatoms. The smallest absolute Gasteiger partial charge is 0.229 e. The Balaban J connectivity index is 2.48. The van der Waals surface area contributed by atoms with E-state index in [-0.39, 0.29) is 0 Å². The first-order valence-electron chi connectivity index (χ1n) is 4.69. The molecule has 0 spiro atoms. The van der Waals surface area contributed by atoms with E-state index >= 15 is 0 Å². The normalized spacial score (nSPS) is 10.4. The van der Waals surface area contributed by atoms with Crippen LogP contribution in [0.15, 0.2) is 33.8 Å². The topological polar surface area (TPSA) is 61.3 Å². The molecule has 2 rings (SSSR count). The van der Waals surface area contributed by atoms with Crippen molar-refractivity contribution in [1.29, 1.82) is 0 Å². The summed E-state index contributed by atoms with van der Waals surface area (Å²) in [6.45, 7) is 0. The average molecular weight is 236 g/mol. The van der Waals surface area contributed by atoms with Crippen LogP contribution in [0.5, 0.6) is 5.75 Å². The van der Waals surface area contributed by atoms with Crippen molar-refractivity contribution in [3.63, 3.8) is 0 Å². The van der Waals surface area contributed by atoms with Crippen molar-refractivity contribution in [2.75, 3.05) is 19.1 Å². The first-order chi connectivity index (χ1) is 7.76. The second kappa shape index (κ2) is 4.49. The maximum Gasteiger partial charge on any atom is 0.229 e. The number of anilines is 1. The molecule has 4 nitrogen and oxygen atoms in total. The number of thioether (sulfide) groups is 1. The first-order valence-corrected chi connectivity index (χ1v) is 5.91. The second-order valence-corrected chi connectivity index (χ2v) is 4.02. The van der Waals surface area contributed by atoms with Crippen LogP contribution in [0.25, 0.3) is 11.1 Å². The lowest BCUT2D eigenvalue weighted by Crippen LogP contribution is -1.89. The standard InChI is InChI=1S/C11H12N2O2S/c1-14-9-5-7(3-4-10(9)16-2)8-6-13-15-11(8)12/h3-6H,12H2,1-2H3. The van der Waals surface area contributed by atoms with Gasteiger partial charge in [0.05, 0.1) is 18.9 Å². The lowest BCUT2D eigenvalue weighted by molar-refractivity contribution is 0.405. The van der Waals surface area contributed by atoms with Gasteiger partial charge in [-0.15, -0.1) is 11.8 Å². The van der Waals surface area contributed by atoms with E-state index in [1.165, 1.54) is 0 Å². The van der Waals surface area contributed by atoms with Crippen LogP contribution in [-0.2, 0) is 0 Å². The molecule has 0 fully saturated rings. The van der Waals surface area contributed by atoms with Gasteiger partial charge in [0.25, 0.3) is 0 Å². The number of hydrogen-bond acceptors (Lipinski definition) is 5. The SMILES string of the molecule is COc1cc(-c2cnoc2N)ccc1SC. The Morgan fingerprint density at radius 1 is 1.44 bits per heavy atom. The third-order valence-corrected chi connectivity index (χ3v) is 3.07. The Morgan fingerprint density at radius 3 is 2.81 bits per heavy atom. The lowest BCUT2D eigenvalue weighted by Gasteiger charge is -2.07. The molecule has 0 unspecified atom stereocenters. The van der Waals surface area contributed by atoms with Crippen molar-refractivity contribution in [1.82, 2.24) is 5.16 Å². The van der Waals surface area contributed by atoms with Gasteiger partial charge in [0, 0.05) is 4.90 Å². The molecule has 0 saturated carbocycles. The molecular weight excluding hydrogens is 224 g/mol. The monoisotopic (exact) mass is 236 g/mol. The van der Waals surface area contributed by atoms with Crippen molar-refractivity contribution in [2.24, 2.45) is 0 Å². The Hall–Kier alpha value is -1.62. The van der Waals surface area contributed by atoms with E-state index in [9.17, 15) is 0 Å². The fourth-order valence-electron chi connectivity index (χ4n) is 1.47. The molecule has 0 bridgehead atoms. The van der Waals surface area contributed by atoms with Gasteiger partial charge in [0.2, 0.25) is 5.88 Å². The number of benzene rings is 1. The molecule has 0 saturated heterocycles. The van der Waals surface area contributed by atoms with E-state index in [0.717, 1.165) is 21.8 Å². The molecular formula is C11H12N2O2S. The molecule has 0 radical (unpaired) electrons. The molecule has 1 aromatic heterocycles.